The number of carbonyl (C=O) groups excluding carboxylic acids is 1. The fourth-order valence-electron chi connectivity index (χ4n) is 2.16. The van der Waals surface area contributed by atoms with Gasteiger partial charge in [-0.1, -0.05) is 24.6 Å². The molecule has 1 fully saturated rings. The van der Waals surface area contributed by atoms with Crippen LogP contribution < -0.4 is 10.1 Å². The summed E-state index contributed by atoms with van der Waals surface area (Å²) in [7, 11) is 0. The van der Waals surface area contributed by atoms with E-state index in [1.54, 1.807) is 24.3 Å². The molecule has 110 valence electrons. The lowest BCUT2D eigenvalue weighted by atomic mass is 10.2. The minimum Gasteiger partial charge on any atom is -0.481 e. The molecule has 5 heteroatoms. The van der Waals surface area contributed by atoms with Gasteiger partial charge in [0.15, 0.2) is 6.10 Å². The Balaban J connectivity index is 1.85. The lowest BCUT2D eigenvalue weighted by Gasteiger charge is -2.18. The predicted octanol–water partition coefficient (Wildman–Crippen LogP) is 2.79. The zero-order chi connectivity index (χ0) is 14.4. The maximum absolute atomic E-state index is 12.1. The van der Waals surface area contributed by atoms with Gasteiger partial charge >= 0.3 is 0 Å². The van der Waals surface area contributed by atoms with E-state index in [4.69, 9.17) is 21.1 Å². The Labute approximate surface area is 124 Å². The van der Waals surface area contributed by atoms with E-state index in [1.165, 1.54) is 0 Å². The van der Waals surface area contributed by atoms with E-state index in [2.05, 4.69) is 5.32 Å². The molecule has 4 nitrogen and oxygen atoms in total. The molecular weight excluding hydrogens is 278 g/mol. The third-order valence-electron chi connectivity index (χ3n) is 3.27. The van der Waals surface area contributed by atoms with Gasteiger partial charge < -0.3 is 14.8 Å². The predicted molar refractivity (Wildman–Crippen MR) is 78.1 cm³/mol. The molecule has 1 N–H and O–H groups in total. The lowest BCUT2D eigenvalue weighted by Crippen LogP contribution is -2.41. The number of halogens is 1. The van der Waals surface area contributed by atoms with Gasteiger partial charge in [-0.2, -0.15) is 0 Å². The molecule has 1 heterocycles. The molecule has 0 radical (unpaired) electrons. The molecule has 2 atom stereocenters. The van der Waals surface area contributed by atoms with Crippen LogP contribution in [0, 0.1) is 0 Å². The van der Waals surface area contributed by atoms with Crippen LogP contribution in [0.2, 0.25) is 5.02 Å². The van der Waals surface area contributed by atoms with Crippen molar-refractivity contribution < 1.29 is 14.3 Å². The Morgan fingerprint density at radius 1 is 1.60 bits per heavy atom. The first kappa shape index (κ1) is 15.1. The first-order chi connectivity index (χ1) is 9.69. The summed E-state index contributed by atoms with van der Waals surface area (Å²) in [5.41, 5.74) is 0. The molecule has 1 aliphatic rings. The molecule has 0 aromatic heterocycles. The van der Waals surface area contributed by atoms with Gasteiger partial charge in [0.25, 0.3) is 5.91 Å². The van der Waals surface area contributed by atoms with Crippen LogP contribution in [0.5, 0.6) is 5.75 Å². The fourth-order valence-corrected chi connectivity index (χ4v) is 2.34. The van der Waals surface area contributed by atoms with Crippen LogP contribution in [0.25, 0.3) is 0 Å². The Bertz CT molecular complexity index is 446. The molecule has 1 amide bonds. The van der Waals surface area contributed by atoms with Crippen molar-refractivity contribution in [3.63, 3.8) is 0 Å². The minimum atomic E-state index is -0.505. The summed E-state index contributed by atoms with van der Waals surface area (Å²) in [5, 5.41) is 3.48. The Morgan fingerprint density at radius 3 is 3.10 bits per heavy atom. The number of hydrogen-bond donors (Lipinski definition) is 1. The van der Waals surface area contributed by atoms with E-state index >= 15 is 0 Å². The Kier molecular flexibility index (Phi) is 5.68. The number of carbonyl (C=O) groups is 1. The average Bonchev–Trinajstić information content (AvgIpc) is 2.95. The van der Waals surface area contributed by atoms with Gasteiger partial charge in [0.2, 0.25) is 0 Å². The van der Waals surface area contributed by atoms with Crippen molar-refractivity contribution in [3.05, 3.63) is 29.3 Å². The van der Waals surface area contributed by atoms with E-state index in [0.29, 0.717) is 23.7 Å². The van der Waals surface area contributed by atoms with E-state index in [0.717, 1.165) is 19.4 Å². The number of benzene rings is 1. The highest BCUT2D eigenvalue weighted by atomic mass is 35.5. The zero-order valence-corrected chi connectivity index (χ0v) is 12.4. The summed E-state index contributed by atoms with van der Waals surface area (Å²) in [6.45, 7) is 3.26. The summed E-state index contributed by atoms with van der Waals surface area (Å²) < 4.78 is 11.2. The van der Waals surface area contributed by atoms with Gasteiger partial charge in [-0.05, 0) is 37.5 Å². The normalized spacial score (nSPS) is 19.6. The second kappa shape index (κ2) is 7.50. The molecule has 0 bridgehead atoms. The van der Waals surface area contributed by atoms with Crippen LogP contribution in [-0.2, 0) is 9.53 Å². The van der Waals surface area contributed by atoms with Crippen molar-refractivity contribution in [1.82, 2.24) is 5.32 Å². The van der Waals surface area contributed by atoms with Crippen LogP contribution >= 0.6 is 11.6 Å². The second-order valence-corrected chi connectivity index (χ2v) is 5.29. The third-order valence-corrected chi connectivity index (χ3v) is 3.50. The number of nitrogens with one attached hydrogen (secondary N) is 1. The second-order valence-electron chi connectivity index (χ2n) is 4.85. The van der Waals surface area contributed by atoms with Crippen LogP contribution in [-0.4, -0.2) is 31.3 Å². The summed E-state index contributed by atoms with van der Waals surface area (Å²) in [6, 6.07) is 7.07. The van der Waals surface area contributed by atoms with Crippen molar-refractivity contribution in [3.8, 4) is 5.75 Å². The Morgan fingerprint density at radius 2 is 2.45 bits per heavy atom. The van der Waals surface area contributed by atoms with Crippen molar-refractivity contribution >= 4 is 17.5 Å². The van der Waals surface area contributed by atoms with E-state index in [9.17, 15) is 4.79 Å². The fraction of sp³-hybridized carbons (Fsp3) is 0.533. The first-order valence-electron chi connectivity index (χ1n) is 7.00. The minimum absolute atomic E-state index is 0.108. The zero-order valence-electron chi connectivity index (χ0n) is 11.6. The van der Waals surface area contributed by atoms with Crippen LogP contribution in [0.15, 0.2) is 24.3 Å². The van der Waals surface area contributed by atoms with E-state index in [1.807, 2.05) is 6.92 Å². The lowest BCUT2D eigenvalue weighted by molar-refractivity contribution is -0.128. The van der Waals surface area contributed by atoms with Gasteiger partial charge in [-0.3, -0.25) is 4.79 Å². The average molecular weight is 298 g/mol. The molecule has 1 aromatic carbocycles. The van der Waals surface area contributed by atoms with Gasteiger partial charge in [-0.15, -0.1) is 0 Å². The van der Waals surface area contributed by atoms with Crippen LogP contribution in [0.3, 0.4) is 0 Å². The molecule has 20 heavy (non-hydrogen) atoms. The number of rotatable bonds is 6. The molecule has 0 saturated carbocycles. The molecule has 1 aromatic rings. The van der Waals surface area contributed by atoms with Crippen molar-refractivity contribution in [1.29, 1.82) is 0 Å². The van der Waals surface area contributed by atoms with E-state index < -0.39 is 6.10 Å². The molecule has 2 rings (SSSR count). The highest BCUT2D eigenvalue weighted by Crippen LogP contribution is 2.19. The van der Waals surface area contributed by atoms with Gasteiger partial charge in [-0.25, -0.2) is 0 Å². The standard InChI is InChI=1S/C15H20ClNO3/c1-2-14(20-12-6-3-5-11(16)9-12)15(18)17-10-13-7-4-8-19-13/h3,5-6,9,13-14H,2,4,7-8,10H2,1H3,(H,17,18)/t13-,14-/m1/s1. The molecule has 0 unspecified atom stereocenters. The van der Waals surface area contributed by atoms with Crippen molar-refractivity contribution in [2.45, 2.75) is 38.4 Å². The largest absolute Gasteiger partial charge is 0.481 e. The molecule has 0 aliphatic carbocycles. The first-order valence-corrected chi connectivity index (χ1v) is 7.38. The maximum Gasteiger partial charge on any atom is 0.261 e. The van der Waals surface area contributed by atoms with Gasteiger partial charge in [0.05, 0.1) is 6.10 Å². The summed E-state index contributed by atoms with van der Waals surface area (Å²) in [6.07, 6.45) is 2.31. The smallest absolute Gasteiger partial charge is 0.261 e. The van der Waals surface area contributed by atoms with Crippen LogP contribution in [0.4, 0.5) is 0 Å². The van der Waals surface area contributed by atoms with Crippen LogP contribution in [0.1, 0.15) is 26.2 Å². The number of hydrogen-bond acceptors (Lipinski definition) is 3. The van der Waals surface area contributed by atoms with Gasteiger partial charge in [0.1, 0.15) is 5.75 Å². The third kappa shape index (κ3) is 4.39. The number of amides is 1. The van der Waals surface area contributed by atoms with Crippen molar-refractivity contribution in [2.24, 2.45) is 0 Å². The molecular formula is C15H20ClNO3. The maximum atomic E-state index is 12.1. The highest BCUT2D eigenvalue weighted by Gasteiger charge is 2.21. The summed E-state index contributed by atoms with van der Waals surface area (Å²) in [4.78, 5) is 12.1. The highest BCUT2D eigenvalue weighted by molar-refractivity contribution is 6.30. The van der Waals surface area contributed by atoms with E-state index in [-0.39, 0.29) is 12.0 Å². The summed E-state index contributed by atoms with van der Waals surface area (Å²) >= 11 is 5.90. The topological polar surface area (TPSA) is 47.6 Å². The molecule has 0 spiro atoms. The van der Waals surface area contributed by atoms with Crippen molar-refractivity contribution in [2.75, 3.05) is 13.2 Å². The molecule has 1 saturated heterocycles. The SMILES string of the molecule is CC[C@@H](Oc1cccc(Cl)c1)C(=O)NC[C@H]1CCCO1. The monoisotopic (exact) mass is 297 g/mol. The van der Waals surface area contributed by atoms with Gasteiger partial charge in [0, 0.05) is 18.2 Å². The number of ether oxygens (including phenoxy) is 2. The summed E-state index contributed by atoms with van der Waals surface area (Å²) in [5.74, 6) is 0.500. The molecule has 1 aliphatic heterocycles. The quantitative estimate of drug-likeness (QED) is 0.878. The Hall–Kier alpha value is -1.26.